The lowest BCUT2D eigenvalue weighted by Gasteiger charge is -2.22. The van der Waals surface area contributed by atoms with E-state index in [0.29, 0.717) is 145 Å². The van der Waals surface area contributed by atoms with Crippen LogP contribution < -0.4 is 0 Å². The fraction of sp³-hybridized carbons (Fsp3) is 0.822. The van der Waals surface area contributed by atoms with E-state index in [4.69, 9.17) is 65.8 Å². The maximum absolute atomic E-state index is 12.2. The van der Waals surface area contributed by atoms with Crippen LogP contribution in [0.5, 0.6) is 0 Å². The Morgan fingerprint density at radius 3 is 0.969 bits per heavy atom. The van der Waals surface area contributed by atoms with E-state index in [1.54, 1.807) is 12.1 Å². The van der Waals surface area contributed by atoms with Crippen molar-refractivity contribution in [3.63, 3.8) is 0 Å². The lowest BCUT2D eigenvalue weighted by molar-refractivity contribution is -0.157. The summed E-state index contributed by atoms with van der Waals surface area (Å²) in [5, 5.41) is 0. The number of carbonyl (C=O) groups excluding carboxylic acids is 2. The zero-order valence-corrected chi connectivity index (χ0v) is 41.1. The summed E-state index contributed by atoms with van der Waals surface area (Å²) in [6, 6.07) is 6.46. The highest BCUT2D eigenvalue weighted by Crippen LogP contribution is 2.13. The smallest absolute Gasteiger partial charge is 0.308 e. The molecule has 0 aliphatic rings. The molecule has 0 amide bonds. The monoisotopic (exact) mass is 956 g/mol. The van der Waals surface area contributed by atoms with Gasteiger partial charge in [-0.05, 0) is 60.6 Å². The van der Waals surface area contributed by atoms with E-state index in [-0.39, 0.29) is 56.1 Å². The van der Waals surface area contributed by atoms with Crippen LogP contribution in [0.3, 0.4) is 0 Å². The molecule has 380 valence electrons. The van der Waals surface area contributed by atoms with Crippen molar-refractivity contribution in [3.8, 4) is 0 Å². The molecule has 0 bridgehead atoms. The third kappa shape index (κ3) is 40.4. The average Bonchev–Trinajstić information content (AvgIpc) is 3.22. The lowest BCUT2D eigenvalue weighted by Crippen LogP contribution is -2.34. The zero-order chi connectivity index (χ0) is 47.9. The van der Waals surface area contributed by atoms with Gasteiger partial charge in [0, 0.05) is 19.6 Å². The first kappa shape index (κ1) is 60.6. The van der Waals surface area contributed by atoms with E-state index in [9.17, 15) is 18.0 Å². The molecule has 19 nitrogen and oxygen atoms in total. The summed E-state index contributed by atoms with van der Waals surface area (Å²) in [5.74, 6) is -0.571. The standard InChI is InChI=1S/C45H81NO18S/c1-40-8-10-41(11-9-40)65(49,50)62-39-38-61-37-36-60-31-26-55-21-16-46(14-19-53-24-29-58-34-32-56-27-22-51-17-12-42(47)63-44(2,3)4)15-20-54-25-30-59-35-33-57-28-23-52-18-13-43(48)64-45(5,6)7/h8-11H,12-39H2,1-7H3. The number of aryl methyl sites for hydroxylation is 1. The molecular formula is C45H81NO18S. The second-order valence-electron chi connectivity index (χ2n) is 16.3. The molecule has 0 spiro atoms. The number of carbonyl (C=O) groups is 2. The molecule has 0 N–H and O–H groups in total. The van der Waals surface area contributed by atoms with Crippen LogP contribution in [0.2, 0.25) is 0 Å². The van der Waals surface area contributed by atoms with Crippen LogP contribution in [0.4, 0.5) is 0 Å². The van der Waals surface area contributed by atoms with Crippen LogP contribution in [0.15, 0.2) is 29.2 Å². The molecule has 0 saturated heterocycles. The van der Waals surface area contributed by atoms with Gasteiger partial charge in [-0.3, -0.25) is 18.7 Å². The Labute approximate surface area is 388 Å². The molecular weight excluding hydrogens is 875 g/mol. The number of rotatable bonds is 44. The van der Waals surface area contributed by atoms with Gasteiger partial charge in [0.1, 0.15) is 11.2 Å². The normalized spacial score (nSPS) is 12.3. The van der Waals surface area contributed by atoms with Gasteiger partial charge >= 0.3 is 11.9 Å². The molecule has 1 aromatic carbocycles. The summed E-state index contributed by atoms with van der Waals surface area (Å²) < 4.78 is 101. The molecule has 0 fully saturated rings. The molecule has 0 radical (unpaired) electrons. The van der Waals surface area contributed by atoms with Gasteiger partial charge < -0.3 is 61.6 Å². The summed E-state index contributed by atoms with van der Waals surface area (Å²) >= 11 is 0. The predicted molar refractivity (Wildman–Crippen MR) is 241 cm³/mol. The van der Waals surface area contributed by atoms with E-state index >= 15 is 0 Å². The molecule has 1 rings (SSSR count). The fourth-order valence-electron chi connectivity index (χ4n) is 5.05. The van der Waals surface area contributed by atoms with Gasteiger partial charge in [-0.2, -0.15) is 8.42 Å². The Bertz CT molecular complexity index is 1350. The SMILES string of the molecule is Cc1ccc(S(=O)(=O)OCCOCCOCCOCCN(CCOCCOCCOCCOCCC(=O)OC(C)(C)C)CCOCCOCCOCCOCCC(=O)OC(C)(C)C)cc1. The summed E-state index contributed by atoms with van der Waals surface area (Å²) in [6.45, 7) is 23.4. The van der Waals surface area contributed by atoms with Gasteiger partial charge in [0.05, 0.1) is 170 Å². The molecule has 0 aliphatic carbocycles. The van der Waals surface area contributed by atoms with E-state index in [1.165, 1.54) is 12.1 Å². The Kier molecular flexibility index (Phi) is 35.9. The number of benzene rings is 1. The van der Waals surface area contributed by atoms with Crippen LogP contribution in [0, 0.1) is 6.92 Å². The minimum Gasteiger partial charge on any atom is -0.460 e. The minimum atomic E-state index is -3.82. The van der Waals surface area contributed by atoms with Crippen molar-refractivity contribution in [2.45, 2.75) is 77.4 Å². The molecule has 20 heteroatoms. The Hall–Kier alpha value is -2.41. The highest BCUT2D eigenvalue weighted by atomic mass is 32.2. The first-order valence-corrected chi connectivity index (χ1v) is 24.0. The van der Waals surface area contributed by atoms with E-state index < -0.39 is 21.3 Å². The highest BCUT2D eigenvalue weighted by molar-refractivity contribution is 7.86. The molecule has 0 saturated carbocycles. The van der Waals surface area contributed by atoms with Crippen molar-refractivity contribution in [2.75, 3.05) is 172 Å². The van der Waals surface area contributed by atoms with Crippen molar-refractivity contribution in [1.82, 2.24) is 4.90 Å². The van der Waals surface area contributed by atoms with Crippen LogP contribution in [-0.2, 0) is 85.5 Å². The topological polar surface area (TPSA) is 201 Å². The Morgan fingerprint density at radius 2 is 0.677 bits per heavy atom. The predicted octanol–water partition coefficient (Wildman–Crippen LogP) is 3.65. The van der Waals surface area contributed by atoms with Crippen LogP contribution in [-0.4, -0.2) is 208 Å². The summed E-state index contributed by atoms with van der Waals surface area (Å²) in [5.41, 5.74) is -0.0459. The molecule has 0 atom stereocenters. The van der Waals surface area contributed by atoms with Crippen LogP contribution >= 0.6 is 0 Å². The molecule has 1 aromatic rings. The van der Waals surface area contributed by atoms with E-state index in [1.807, 2.05) is 48.5 Å². The number of ether oxygens (including phenoxy) is 13. The van der Waals surface area contributed by atoms with Crippen LogP contribution in [0.1, 0.15) is 59.9 Å². The molecule has 65 heavy (non-hydrogen) atoms. The number of esters is 2. The van der Waals surface area contributed by atoms with Gasteiger partial charge in [-0.1, -0.05) is 17.7 Å². The second kappa shape index (κ2) is 38.5. The summed E-state index contributed by atoms with van der Waals surface area (Å²) in [4.78, 5) is 25.7. The number of nitrogens with zero attached hydrogens (tertiary/aromatic N) is 1. The summed E-state index contributed by atoms with van der Waals surface area (Å²) in [6.07, 6.45) is 0.408. The maximum atomic E-state index is 12.2. The minimum absolute atomic E-state index is 0.0865. The van der Waals surface area contributed by atoms with Gasteiger partial charge in [0.15, 0.2) is 0 Å². The zero-order valence-electron chi connectivity index (χ0n) is 40.3. The van der Waals surface area contributed by atoms with Gasteiger partial charge in [-0.15, -0.1) is 0 Å². The van der Waals surface area contributed by atoms with Crippen molar-refractivity contribution in [3.05, 3.63) is 29.8 Å². The molecule has 0 aliphatic heterocycles. The Morgan fingerprint density at radius 1 is 0.415 bits per heavy atom. The quantitative estimate of drug-likeness (QED) is 0.0521. The average molecular weight is 956 g/mol. The van der Waals surface area contributed by atoms with Crippen molar-refractivity contribution in [1.29, 1.82) is 0 Å². The van der Waals surface area contributed by atoms with Crippen molar-refractivity contribution < 1.29 is 83.8 Å². The fourth-order valence-corrected chi connectivity index (χ4v) is 5.95. The van der Waals surface area contributed by atoms with Gasteiger partial charge in [0.25, 0.3) is 10.1 Å². The second-order valence-corrected chi connectivity index (χ2v) is 18.0. The molecule has 0 unspecified atom stereocenters. The van der Waals surface area contributed by atoms with Crippen LogP contribution in [0.25, 0.3) is 0 Å². The lowest BCUT2D eigenvalue weighted by atomic mass is 10.2. The highest BCUT2D eigenvalue weighted by Gasteiger charge is 2.17. The maximum Gasteiger partial charge on any atom is 0.308 e. The number of hydrogen-bond acceptors (Lipinski definition) is 19. The third-order valence-corrected chi connectivity index (χ3v) is 9.48. The first-order chi connectivity index (χ1) is 31.1. The van der Waals surface area contributed by atoms with E-state index in [2.05, 4.69) is 4.90 Å². The summed E-state index contributed by atoms with van der Waals surface area (Å²) in [7, 11) is -3.82. The molecule has 0 aromatic heterocycles. The first-order valence-electron chi connectivity index (χ1n) is 22.5. The van der Waals surface area contributed by atoms with E-state index in [0.717, 1.165) is 5.56 Å². The van der Waals surface area contributed by atoms with Gasteiger partial charge in [0.2, 0.25) is 0 Å². The van der Waals surface area contributed by atoms with Gasteiger partial charge in [-0.25, -0.2) is 0 Å². The molecule has 0 heterocycles. The van der Waals surface area contributed by atoms with Crippen molar-refractivity contribution >= 4 is 22.1 Å². The number of hydrogen-bond donors (Lipinski definition) is 0. The Balaban J connectivity index is 2.18. The van der Waals surface area contributed by atoms with Crippen molar-refractivity contribution in [2.24, 2.45) is 0 Å². The third-order valence-electron chi connectivity index (χ3n) is 8.15. The largest absolute Gasteiger partial charge is 0.460 e.